The minimum absolute atomic E-state index is 0.597. The van der Waals surface area contributed by atoms with Gasteiger partial charge in [0.1, 0.15) is 0 Å². The van der Waals surface area contributed by atoms with Crippen LogP contribution in [-0.4, -0.2) is 25.7 Å². The Morgan fingerprint density at radius 3 is 3.07 bits per heavy atom. The number of rotatable bonds is 5. The van der Waals surface area contributed by atoms with Crippen LogP contribution in [-0.2, 0) is 0 Å². The topological polar surface area (TPSA) is 34.2 Å². The van der Waals surface area contributed by atoms with Crippen LogP contribution in [0.2, 0.25) is 5.02 Å². The third-order valence-corrected chi connectivity index (χ3v) is 2.10. The zero-order chi connectivity index (χ0) is 11.1. The van der Waals surface area contributed by atoms with Crippen LogP contribution in [0.25, 0.3) is 6.08 Å². The molecule has 0 saturated carbocycles. The molecule has 0 unspecified atom stereocenters. The molecule has 0 spiro atoms. The Hall–Kier alpha value is -1.06. The first-order chi connectivity index (χ1) is 7.27. The van der Waals surface area contributed by atoms with Crippen LogP contribution in [0.5, 0.6) is 5.88 Å². The summed E-state index contributed by atoms with van der Waals surface area (Å²) in [6.07, 6.45) is 6.57. The lowest BCUT2D eigenvalue weighted by atomic mass is 10.2. The zero-order valence-corrected chi connectivity index (χ0v) is 9.71. The molecule has 1 aromatic rings. The number of hydrogen-bond acceptors (Lipinski definition) is 3. The molecule has 0 fully saturated rings. The van der Waals surface area contributed by atoms with Crippen molar-refractivity contribution < 1.29 is 4.74 Å². The van der Waals surface area contributed by atoms with Crippen molar-refractivity contribution in [2.24, 2.45) is 0 Å². The summed E-state index contributed by atoms with van der Waals surface area (Å²) >= 11 is 5.85. The summed E-state index contributed by atoms with van der Waals surface area (Å²) in [6.45, 7) is 0.951. The molecule has 0 atom stereocenters. The molecule has 0 radical (unpaired) electrons. The number of nitrogens with one attached hydrogen (secondary N) is 1. The average Bonchev–Trinajstić information content (AvgIpc) is 2.25. The average molecular weight is 227 g/mol. The fraction of sp³-hybridized carbons (Fsp3) is 0.364. The number of aromatic nitrogens is 1. The van der Waals surface area contributed by atoms with Crippen molar-refractivity contribution in [3.63, 3.8) is 0 Å². The third kappa shape index (κ3) is 3.90. The van der Waals surface area contributed by atoms with Crippen molar-refractivity contribution in [3.8, 4) is 5.88 Å². The summed E-state index contributed by atoms with van der Waals surface area (Å²) in [5.41, 5.74) is 0.904. The molecule has 0 amide bonds. The van der Waals surface area contributed by atoms with Gasteiger partial charge in [0.05, 0.1) is 12.1 Å². The second kappa shape index (κ2) is 6.43. The van der Waals surface area contributed by atoms with Gasteiger partial charge in [0.15, 0.2) is 0 Å². The second-order valence-corrected chi connectivity index (χ2v) is 3.48. The molecule has 1 rings (SSSR count). The monoisotopic (exact) mass is 226 g/mol. The predicted octanol–water partition coefficient (Wildman–Crippen LogP) is 2.37. The molecular formula is C11H15ClN2O. The van der Waals surface area contributed by atoms with E-state index in [9.17, 15) is 0 Å². The molecule has 0 aliphatic carbocycles. The van der Waals surface area contributed by atoms with Gasteiger partial charge in [-0.2, -0.15) is 0 Å². The first-order valence-electron chi connectivity index (χ1n) is 4.78. The maximum atomic E-state index is 5.85. The van der Waals surface area contributed by atoms with E-state index in [1.54, 1.807) is 13.3 Å². The molecule has 15 heavy (non-hydrogen) atoms. The summed E-state index contributed by atoms with van der Waals surface area (Å²) in [5, 5.41) is 3.68. The Labute approximate surface area is 95.1 Å². The molecule has 82 valence electrons. The summed E-state index contributed by atoms with van der Waals surface area (Å²) in [6, 6.07) is 1.84. The van der Waals surface area contributed by atoms with Crippen molar-refractivity contribution in [3.05, 3.63) is 28.9 Å². The Morgan fingerprint density at radius 2 is 2.40 bits per heavy atom. The minimum atomic E-state index is 0.597. The SMILES string of the molecule is CNCCC=Cc1cc(Cl)cnc1OC. The smallest absolute Gasteiger partial charge is 0.220 e. The van der Waals surface area contributed by atoms with E-state index in [0.29, 0.717) is 10.9 Å². The fourth-order valence-electron chi connectivity index (χ4n) is 1.17. The van der Waals surface area contributed by atoms with Crippen LogP contribution in [0, 0.1) is 0 Å². The molecule has 0 saturated heterocycles. The van der Waals surface area contributed by atoms with Gasteiger partial charge in [-0.05, 0) is 26.1 Å². The maximum absolute atomic E-state index is 5.85. The van der Waals surface area contributed by atoms with Crippen molar-refractivity contribution in [1.82, 2.24) is 10.3 Å². The Morgan fingerprint density at radius 1 is 1.60 bits per heavy atom. The lowest BCUT2D eigenvalue weighted by Crippen LogP contribution is -2.05. The molecule has 1 heterocycles. The van der Waals surface area contributed by atoms with Gasteiger partial charge in [0, 0.05) is 11.8 Å². The maximum Gasteiger partial charge on any atom is 0.220 e. The predicted molar refractivity (Wildman–Crippen MR) is 63.4 cm³/mol. The van der Waals surface area contributed by atoms with Crippen molar-refractivity contribution >= 4 is 17.7 Å². The Balaban J connectivity index is 2.73. The van der Waals surface area contributed by atoms with Crippen LogP contribution < -0.4 is 10.1 Å². The van der Waals surface area contributed by atoms with E-state index in [0.717, 1.165) is 18.5 Å². The van der Waals surface area contributed by atoms with E-state index in [1.165, 1.54) is 0 Å². The standard InChI is InChI=1S/C11H15ClN2O/c1-13-6-4-3-5-9-7-10(12)8-14-11(9)15-2/h3,5,7-8,13H,4,6H2,1-2H3. The van der Waals surface area contributed by atoms with Gasteiger partial charge < -0.3 is 10.1 Å². The number of ether oxygens (including phenoxy) is 1. The number of methoxy groups -OCH3 is 1. The fourth-order valence-corrected chi connectivity index (χ4v) is 1.34. The van der Waals surface area contributed by atoms with Gasteiger partial charge in [-0.3, -0.25) is 0 Å². The van der Waals surface area contributed by atoms with E-state index >= 15 is 0 Å². The first kappa shape index (κ1) is 12.0. The Kier molecular flexibility index (Phi) is 5.15. The van der Waals surface area contributed by atoms with Crippen LogP contribution >= 0.6 is 11.6 Å². The van der Waals surface area contributed by atoms with Crippen LogP contribution in [0.15, 0.2) is 18.3 Å². The first-order valence-corrected chi connectivity index (χ1v) is 5.16. The zero-order valence-electron chi connectivity index (χ0n) is 8.96. The molecule has 0 aliphatic rings. The number of halogens is 1. The summed E-state index contributed by atoms with van der Waals surface area (Å²) < 4.78 is 5.12. The summed E-state index contributed by atoms with van der Waals surface area (Å²) in [5.74, 6) is 0.597. The molecule has 3 nitrogen and oxygen atoms in total. The van der Waals surface area contributed by atoms with Crippen molar-refractivity contribution in [1.29, 1.82) is 0 Å². The van der Waals surface area contributed by atoms with Crippen molar-refractivity contribution in [2.45, 2.75) is 6.42 Å². The van der Waals surface area contributed by atoms with E-state index in [1.807, 2.05) is 19.2 Å². The second-order valence-electron chi connectivity index (χ2n) is 3.05. The largest absolute Gasteiger partial charge is 0.481 e. The number of pyridine rings is 1. The Bertz CT molecular complexity index is 339. The molecule has 0 bridgehead atoms. The molecule has 0 aromatic carbocycles. The van der Waals surface area contributed by atoms with Crippen LogP contribution in [0.3, 0.4) is 0 Å². The highest BCUT2D eigenvalue weighted by atomic mass is 35.5. The number of nitrogens with zero attached hydrogens (tertiary/aromatic N) is 1. The molecular weight excluding hydrogens is 212 g/mol. The van der Waals surface area contributed by atoms with Gasteiger partial charge in [-0.1, -0.05) is 23.8 Å². The van der Waals surface area contributed by atoms with E-state index < -0.39 is 0 Å². The highest BCUT2D eigenvalue weighted by molar-refractivity contribution is 6.30. The van der Waals surface area contributed by atoms with Gasteiger partial charge in [-0.25, -0.2) is 4.98 Å². The van der Waals surface area contributed by atoms with E-state index in [-0.39, 0.29) is 0 Å². The molecule has 1 aromatic heterocycles. The quantitative estimate of drug-likeness (QED) is 0.783. The highest BCUT2D eigenvalue weighted by Gasteiger charge is 2.01. The highest BCUT2D eigenvalue weighted by Crippen LogP contribution is 2.20. The lowest BCUT2D eigenvalue weighted by molar-refractivity contribution is 0.397. The van der Waals surface area contributed by atoms with E-state index in [2.05, 4.69) is 16.4 Å². The summed E-state index contributed by atoms with van der Waals surface area (Å²) in [7, 11) is 3.52. The third-order valence-electron chi connectivity index (χ3n) is 1.90. The van der Waals surface area contributed by atoms with E-state index in [4.69, 9.17) is 16.3 Å². The van der Waals surface area contributed by atoms with Crippen molar-refractivity contribution in [2.75, 3.05) is 20.7 Å². The normalized spacial score (nSPS) is 10.9. The minimum Gasteiger partial charge on any atom is -0.481 e. The van der Waals surface area contributed by atoms with Crippen LogP contribution in [0.1, 0.15) is 12.0 Å². The van der Waals surface area contributed by atoms with Gasteiger partial charge in [0.2, 0.25) is 5.88 Å². The van der Waals surface area contributed by atoms with Gasteiger partial charge >= 0.3 is 0 Å². The number of hydrogen-bond donors (Lipinski definition) is 1. The van der Waals surface area contributed by atoms with Gasteiger partial charge in [0.25, 0.3) is 0 Å². The summed E-state index contributed by atoms with van der Waals surface area (Å²) in [4.78, 5) is 4.07. The molecule has 1 N–H and O–H groups in total. The molecule has 0 aliphatic heterocycles. The van der Waals surface area contributed by atoms with Crippen LogP contribution in [0.4, 0.5) is 0 Å². The lowest BCUT2D eigenvalue weighted by Gasteiger charge is -2.03. The van der Waals surface area contributed by atoms with Gasteiger partial charge in [-0.15, -0.1) is 0 Å². The molecule has 4 heteroatoms.